The van der Waals surface area contributed by atoms with Crippen LogP contribution in [0.5, 0.6) is 0 Å². The standard InChI is InChI=1S/C16H29NO3/c1-4-19-16(20-5-2)11-15(18)12-9-13-7-6-8-14(10-12)17(13)3/h12-14,16H,4-11H2,1-3H3. The summed E-state index contributed by atoms with van der Waals surface area (Å²) in [5, 5.41) is 0. The Balaban J connectivity index is 1.89. The predicted molar refractivity (Wildman–Crippen MR) is 78.6 cm³/mol. The van der Waals surface area contributed by atoms with E-state index in [4.69, 9.17) is 9.47 Å². The van der Waals surface area contributed by atoms with Crippen LogP contribution in [0.4, 0.5) is 0 Å². The maximum absolute atomic E-state index is 12.5. The maximum atomic E-state index is 12.5. The summed E-state index contributed by atoms with van der Waals surface area (Å²) >= 11 is 0. The van der Waals surface area contributed by atoms with Crippen LogP contribution < -0.4 is 0 Å². The van der Waals surface area contributed by atoms with Gasteiger partial charge in [0.15, 0.2) is 6.29 Å². The molecular formula is C16H29NO3. The third kappa shape index (κ3) is 3.80. The van der Waals surface area contributed by atoms with Gasteiger partial charge < -0.3 is 14.4 Å². The molecule has 0 saturated carbocycles. The highest BCUT2D eigenvalue weighted by Crippen LogP contribution is 2.36. The van der Waals surface area contributed by atoms with Crippen LogP contribution in [0.25, 0.3) is 0 Å². The van der Waals surface area contributed by atoms with Crippen molar-refractivity contribution in [1.29, 1.82) is 0 Å². The van der Waals surface area contributed by atoms with E-state index in [0.717, 1.165) is 12.8 Å². The van der Waals surface area contributed by atoms with E-state index >= 15 is 0 Å². The minimum Gasteiger partial charge on any atom is -0.352 e. The summed E-state index contributed by atoms with van der Waals surface area (Å²) in [4.78, 5) is 15.0. The molecule has 2 fully saturated rings. The van der Waals surface area contributed by atoms with E-state index in [2.05, 4.69) is 11.9 Å². The third-order valence-electron chi connectivity index (χ3n) is 4.87. The predicted octanol–water partition coefficient (Wildman–Crippen LogP) is 2.61. The zero-order chi connectivity index (χ0) is 14.5. The highest BCUT2D eigenvalue weighted by atomic mass is 16.7. The fraction of sp³-hybridized carbons (Fsp3) is 0.938. The zero-order valence-corrected chi connectivity index (χ0v) is 13.1. The Morgan fingerprint density at radius 3 is 2.20 bits per heavy atom. The minimum absolute atomic E-state index is 0.213. The molecule has 20 heavy (non-hydrogen) atoms. The van der Waals surface area contributed by atoms with Crippen LogP contribution in [0.15, 0.2) is 0 Å². The van der Waals surface area contributed by atoms with Gasteiger partial charge in [-0.1, -0.05) is 6.42 Å². The molecule has 0 N–H and O–H groups in total. The van der Waals surface area contributed by atoms with Gasteiger partial charge in [-0.2, -0.15) is 0 Å². The first kappa shape index (κ1) is 15.9. The Morgan fingerprint density at radius 2 is 1.70 bits per heavy atom. The number of hydrogen-bond donors (Lipinski definition) is 0. The summed E-state index contributed by atoms with van der Waals surface area (Å²) in [5.74, 6) is 0.548. The molecule has 2 aliphatic rings. The van der Waals surface area contributed by atoms with E-state index in [9.17, 15) is 4.79 Å². The number of Topliss-reactive ketones (excluding diaryl/α,β-unsaturated/α-hetero) is 1. The molecule has 0 spiro atoms. The van der Waals surface area contributed by atoms with E-state index < -0.39 is 0 Å². The zero-order valence-electron chi connectivity index (χ0n) is 13.1. The lowest BCUT2D eigenvalue weighted by Gasteiger charge is -2.46. The molecule has 4 heteroatoms. The summed E-state index contributed by atoms with van der Waals surface area (Å²) in [6.45, 7) is 5.07. The molecule has 2 aliphatic heterocycles. The minimum atomic E-state index is -0.350. The maximum Gasteiger partial charge on any atom is 0.164 e. The fourth-order valence-electron chi connectivity index (χ4n) is 3.75. The Morgan fingerprint density at radius 1 is 1.15 bits per heavy atom. The summed E-state index contributed by atoms with van der Waals surface area (Å²) in [5.41, 5.74) is 0. The first-order valence-electron chi connectivity index (χ1n) is 8.13. The van der Waals surface area contributed by atoms with Crippen LogP contribution in [0.1, 0.15) is 52.4 Å². The van der Waals surface area contributed by atoms with Gasteiger partial charge in [0.1, 0.15) is 5.78 Å². The SMILES string of the molecule is CCOC(CC(=O)C1CC2CCCC(C1)N2C)OCC. The Bertz CT molecular complexity index is 301. The van der Waals surface area contributed by atoms with Crippen molar-refractivity contribution < 1.29 is 14.3 Å². The van der Waals surface area contributed by atoms with Gasteiger partial charge in [0, 0.05) is 31.2 Å². The van der Waals surface area contributed by atoms with Gasteiger partial charge in [-0.25, -0.2) is 0 Å². The second kappa shape index (κ2) is 7.53. The molecule has 2 atom stereocenters. The van der Waals surface area contributed by atoms with Gasteiger partial charge in [0.25, 0.3) is 0 Å². The molecular weight excluding hydrogens is 254 g/mol. The van der Waals surface area contributed by atoms with Crippen LogP contribution in [0.3, 0.4) is 0 Å². The first-order chi connectivity index (χ1) is 9.65. The van der Waals surface area contributed by atoms with Crippen LogP contribution in [-0.2, 0) is 14.3 Å². The number of nitrogens with zero attached hydrogens (tertiary/aromatic N) is 1. The van der Waals surface area contributed by atoms with E-state index in [1.54, 1.807) is 0 Å². The van der Waals surface area contributed by atoms with Gasteiger partial charge in [0.05, 0.1) is 6.42 Å². The molecule has 0 aromatic rings. The largest absolute Gasteiger partial charge is 0.352 e. The van der Waals surface area contributed by atoms with Crippen LogP contribution in [-0.4, -0.2) is 49.3 Å². The van der Waals surface area contributed by atoms with Crippen molar-refractivity contribution in [2.24, 2.45) is 5.92 Å². The highest BCUT2D eigenvalue weighted by Gasteiger charge is 2.38. The number of ketones is 1. The van der Waals surface area contributed by atoms with Crippen LogP contribution in [0, 0.1) is 5.92 Å². The van der Waals surface area contributed by atoms with E-state index in [1.165, 1.54) is 19.3 Å². The summed E-state index contributed by atoms with van der Waals surface area (Å²) in [6.07, 6.45) is 5.93. The molecule has 0 radical (unpaired) electrons. The number of piperidine rings is 2. The second-order valence-corrected chi connectivity index (χ2v) is 6.08. The summed E-state index contributed by atoms with van der Waals surface area (Å²) in [7, 11) is 2.22. The molecule has 0 amide bonds. The van der Waals surface area contributed by atoms with Gasteiger partial charge in [0.2, 0.25) is 0 Å². The van der Waals surface area contributed by atoms with Crippen molar-refractivity contribution in [3.05, 3.63) is 0 Å². The van der Waals surface area contributed by atoms with Gasteiger partial charge in [-0.3, -0.25) is 4.79 Å². The molecule has 0 aromatic heterocycles. The molecule has 0 aliphatic carbocycles. The normalized spacial score (nSPS) is 30.7. The van der Waals surface area contributed by atoms with Crippen molar-refractivity contribution in [3.8, 4) is 0 Å². The molecule has 0 aromatic carbocycles. The fourth-order valence-corrected chi connectivity index (χ4v) is 3.75. The quantitative estimate of drug-likeness (QED) is 0.673. The van der Waals surface area contributed by atoms with Crippen LogP contribution >= 0.6 is 0 Å². The lowest BCUT2D eigenvalue weighted by molar-refractivity contribution is -0.156. The van der Waals surface area contributed by atoms with Crippen molar-refractivity contribution in [2.75, 3.05) is 20.3 Å². The monoisotopic (exact) mass is 283 g/mol. The van der Waals surface area contributed by atoms with Crippen molar-refractivity contribution >= 4 is 5.78 Å². The summed E-state index contributed by atoms with van der Waals surface area (Å²) < 4.78 is 11.0. The Labute approximate surface area is 122 Å². The molecule has 2 heterocycles. The Kier molecular flexibility index (Phi) is 6.00. The number of fused-ring (bicyclic) bond motifs is 2. The Hall–Kier alpha value is -0.450. The van der Waals surface area contributed by atoms with E-state index in [0.29, 0.717) is 37.5 Å². The third-order valence-corrected chi connectivity index (χ3v) is 4.87. The smallest absolute Gasteiger partial charge is 0.164 e. The van der Waals surface area contributed by atoms with E-state index in [-0.39, 0.29) is 12.2 Å². The van der Waals surface area contributed by atoms with Crippen molar-refractivity contribution in [1.82, 2.24) is 4.90 Å². The average Bonchev–Trinajstić information content (AvgIpc) is 2.38. The molecule has 116 valence electrons. The number of carbonyl (C=O) groups is 1. The molecule has 2 bridgehead atoms. The number of rotatable bonds is 7. The summed E-state index contributed by atoms with van der Waals surface area (Å²) in [6, 6.07) is 1.21. The molecule has 2 saturated heterocycles. The van der Waals surface area contributed by atoms with Gasteiger partial charge in [-0.05, 0) is 46.6 Å². The molecule has 2 rings (SSSR count). The van der Waals surface area contributed by atoms with Crippen molar-refractivity contribution in [3.63, 3.8) is 0 Å². The first-order valence-corrected chi connectivity index (χ1v) is 8.13. The van der Waals surface area contributed by atoms with Gasteiger partial charge in [-0.15, -0.1) is 0 Å². The molecule has 4 nitrogen and oxygen atoms in total. The lowest BCUT2D eigenvalue weighted by Crippen LogP contribution is -2.51. The number of ether oxygens (including phenoxy) is 2. The van der Waals surface area contributed by atoms with E-state index in [1.807, 2.05) is 13.8 Å². The van der Waals surface area contributed by atoms with Crippen LogP contribution in [0.2, 0.25) is 0 Å². The molecule has 2 unspecified atom stereocenters. The van der Waals surface area contributed by atoms with Crippen molar-refractivity contribution in [2.45, 2.75) is 70.7 Å². The lowest BCUT2D eigenvalue weighted by atomic mass is 9.76. The highest BCUT2D eigenvalue weighted by molar-refractivity contribution is 5.81. The van der Waals surface area contributed by atoms with Gasteiger partial charge >= 0.3 is 0 Å². The second-order valence-electron chi connectivity index (χ2n) is 6.08. The topological polar surface area (TPSA) is 38.8 Å². The number of carbonyl (C=O) groups excluding carboxylic acids is 1. The number of hydrogen-bond acceptors (Lipinski definition) is 4. The average molecular weight is 283 g/mol.